The molecule has 5 rings (SSSR count). The largest absolute Gasteiger partial charge is 0.457 e. The molecule has 0 radical (unpaired) electrons. The van der Waals surface area contributed by atoms with Gasteiger partial charge < -0.3 is 20.2 Å². The van der Waals surface area contributed by atoms with E-state index in [1.54, 1.807) is 25.2 Å². The number of nitrogens with two attached hydrogens (primary N) is 1. The predicted molar refractivity (Wildman–Crippen MR) is 127 cm³/mol. The molecule has 0 saturated carbocycles. The number of ether oxygens (including phenoxy) is 1. The fraction of sp³-hybridized carbons (Fsp3) is 0.115. The Morgan fingerprint density at radius 1 is 1.03 bits per heavy atom. The Bertz CT molecular complexity index is 1460. The van der Waals surface area contributed by atoms with Crippen molar-refractivity contribution in [1.82, 2.24) is 15.3 Å². The highest BCUT2D eigenvalue weighted by molar-refractivity contribution is 5.92. The molecule has 0 unspecified atom stereocenters. The lowest BCUT2D eigenvalue weighted by Crippen LogP contribution is -2.18. The van der Waals surface area contributed by atoms with Crippen molar-refractivity contribution in [3.8, 4) is 11.5 Å². The third-order valence-corrected chi connectivity index (χ3v) is 5.51. The van der Waals surface area contributed by atoms with E-state index in [1.807, 2.05) is 24.3 Å². The van der Waals surface area contributed by atoms with Crippen molar-refractivity contribution in [3.05, 3.63) is 96.1 Å². The van der Waals surface area contributed by atoms with Crippen LogP contribution < -0.4 is 15.8 Å². The summed E-state index contributed by atoms with van der Waals surface area (Å²) < 4.78 is 12.0. The number of amides is 1. The van der Waals surface area contributed by atoms with E-state index < -0.39 is 0 Å². The first-order chi connectivity index (χ1) is 16.1. The summed E-state index contributed by atoms with van der Waals surface area (Å²) in [5.74, 6) is 1.18. The van der Waals surface area contributed by atoms with Crippen molar-refractivity contribution in [2.75, 3.05) is 13.6 Å². The van der Waals surface area contributed by atoms with Crippen molar-refractivity contribution >= 4 is 27.8 Å². The molecule has 1 atom stereocenters. The van der Waals surface area contributed by atoms with Crippen LogP contribution >= 0.6 is 0 Å². The first-order valence-corrected chi connectivity index (χ1v) is 10.6. The van der Waals surface area contributed by atoms with Gasteiger partial charge in [-0.05, 0) is 34.5 Å². The monoisotopic (exact) mass is 438 g/mol. The van der Waals surface area contributed by atoms with Crippen LogP contribution in [0.25, 0.3) is 21.9 Å². The number of carbonyl (C=O) groups excluding carboxylic acids is 1. The van der Waals surface area contributed by atoms with Gasteiger partial charge in [-0.15, -0.1) is 0 Å². The Labute approximate surface area is 190 Å². The van der Waals surface area contributed by atoms with Gasteiger partial charge in [0.05, 0.1) is 5.92 Å². The standard InChI is InChI=1S/C26H22N4O3/c1-28-25(31)23-13-20(10-11-29-23)32-19-8-9-22-24(14-19)33-26(30-22)21(15-27)18-7-6-16-4-2-3-5-17(16)12-18/h2-14,21H,15,27H2,1H3,(H,28,31)/t21-/m1/s1. The van der Waals surface area contributed by atoms with Gasteiger partial charge >= 0.3 is 0 Å². The lowest BCUT2D eigenvalue weighted by molar-refractivity contribution is 0.0958. The van der Waals surface area contributed by atoms with Gasteiger partial charge in [-0.25, -0.2) is 4.98 Å². The van der Waals surface area contributed by atoms with Gasteiger partial charge in [0.2, 0.25) is 5.89 Å². The molecular weight excluding hydrogens is 416 g/mol. The molecule has 0 bridgehead atoms. The maximum Gasteiger partial charge on any atom is 0.269 e. The van der Waals surface area contributed by atoms with E-state index in [4.69, 9.17) is 14.9 Å². The number of oxazole rings is 1. The Hall–Kier alpha value is -4.23. The van der Waals surface area contributed by atoms with Gasteiger partial charge in [-0.2, -0.15) is 0 Å². The first-order valence-electron chi connectivity index (χ1n) is 10.6. The number of hydrogen-bond donors (Lipinski definition) is 2. The van der Waals surface area contributed by atoms with Crippen LogP contribution in [0.5, 0.6) is 11.5 Å². The quantitative estimate of drug-likeness (QED) is 0.401. The second-order valence-corrected chi connectivity index (χ2v) is 7.63. The minimum atomic E-state index is -0.280. The molecule has 0 aliphatic carbocycles. The predicted octanol–water partition coefficient (Wildman–Crippen LogP) is 4.62. The summed E-state index contributed by atoms with van der Waals surface area (Å²) in [5, 5.41) is 4.87. The number of hydrogen-bond acceptors (Lipinski definition) is 6. The van der Waals surface area contributed by atoms with Crippen LogP contribution in [0.2, 0.25) is 0 Å². The SMILES string of the molecule is CNC(=O)c1cc(Oc2ccc3nc([C@H](CN)c4ccc5ccccc5c4)oc3c2)ccn1. The summed E-state index contributed by atoms with van der Waals surface area (Å²) in [6.07, 6.45) is 1.53. The molecule has 0 spiro atoms. The molecule has 7 heteroatoms. The number of benzene rings is 3. The Kier molecular flexibility index (Phi) is 5.46. The number of rotatable bonds is 6. The average molecular weight is 438 g/mol. The summed E-state index contributed by atoms with van der Waals surface area (Å²) in [6.45, 7) is 0.369. The van der Waals surface area contributed by atoms with Crippen LogP contribution in [0.4, 0.5) is 0 Å². The van der Waals surface area contributed by atoms with E-state index in [9.17, 15) is 4.79 Å². The molecule has 0 aliphatic heterocycles. The smallest absolute Gasteiger partial charge is 0.269 e. The summed E-state index contributed by atoms with van der Waals surface area (Å²) >= 11 is 0. The molecule has 1 amide bonds. The zero-order valence-electron chi connectivity index (χ0n) is 18.0. The highest BCUT2D eigenvalue weighted by Crippen LogP contribution is 2.31. The average Bonchev–Trinajstić information content (AvgIpc) is 3.27. The Morgan fingerprint density at radius 3 is 2.67 bits per heavy atom. The zero-order chi connectivity index (χ0) is 22.8. The Morgan fingerprint density at radius 2 is 1.85 bits per heavy atom. The van der Waals surface area contributed by atoms with Gasteiger partial charge in [0.25, 0.3) is 5.91 Å². The summed E-state index contributed by atoms with van der Waals surface area (Å²) in [4.78, 5) is 20.5. The molecule has 2 heterocycles. The Balaban J connectivity index is 1.44. The molecule has 3 N–H and O–H groups in total. The molecule has 7 nitrogen and oxygen atoms in total. The molecule has 0 aliphatic rings. The highest BCUT2D eigenvalue weighted by Gasteiger charge is 2.20. The minimum absolute atomic E-state index is 0.165. The number of nitrogens with zero attached hydrogens (tertiary/aromatic N) is 2. The fourth-order valence-electron chi connectivity index (χ4n) is 3.80. The van der Waals surface area contributed by atoms with Crippen molar-refractivity contribution in [3.63, 3.8) is 0 Å². The fourth-order valence-corrected chi connectivity index (χ4v) is 3.80. The number of carbonyl (C=O) groups is 1. The van der Waals surface area contributed by atoms with Crippen LogP contribution in [-0.2, 0) is 0 Å². The van der Waals surface area contributed by atoms with Crippen LogP contribution in [0.1, 0.15) is 27.9 Å². The summed E-state index contributed by atoms with van der Waals surface area (Å²) in [7, 11) is 1.56. The first kappa shape index (κ1) is 20.7. The van der Waals surface area contributed by atoms with Gasteiger partial charge in [0.15, 0.2) is 5.58 Å². The normalized spacial score (nSPS) is 12.1. The molecule has 0 fully saturated rings. The highest BCUT2D eigenvalue weighted by atomic mass is 16.5. The third kappa shape index (κ3) is 4.14. The van der Waals surface area contributed by atoms with Gasteiger partial charge in [0.1, 0.15) is 22.7 Å². The molecule has 5 aromatic rings. The van der Waals surface area contributed by atoms with E-state index in [-0.39, 0.29) is 17.5 Å². The van der Waals surface area contributed by atoms with Crippen molar-refractivity contribution in [2.24, 2.45) is 5.73 Å². The summed E-state index contributed by atoms with van der Waals surface area (Å²) in [6, 6.07) is 23.2. The molecule has 2 aromatic heterocycles. The van der Waals surface area contributed by atoms with Crippen LogP contribution in [0.3, 0.4) is 0 Å². The second kappa shape index (κ2) is 8.72. The molecule has 0 saturated heterocycles. The van der Waals surface area contributed by atoms with E-state index in [0.29, 0.717) is 29.5 Å². The maximum atomic E-state index is 11.8. The van der Waals surface area contributed by atoms with E-state index in [0.717, 1.165) is 16.5 Å². The zero-order valence-corrected chi connectivity index (χ0v) is 18.0. The van der Waals surface area contributed by atoms with Crippen molar-refractivity contribution < 1.29 is 13.9 Å². The van der Waals surface area contributed by atoms with Crippen LogP contribution in [-0.4, -0.2) is 29.5 Å². The second-order valence-electron chi connectivity index (χ2n) is 7.63. The molecule has 164 valence electrons. The lowest BCUT2D eigenvalue weighted by Gasteiger charge is -2.12. The van der Waals surface area contributed by atoms with Crippen LogP contribution in [0, 0.1) is 0 Å². The van der Waals surface area contributed by atoms with E-state index in [1.165, 1.54) is 11.6 Å². The third-order valence-electron chi connectivity index (χ3n) is 5.51. The minimum Gasteiger partial charge on any atom is -0.457 e. The number of aromatic nitrogens is 2. The van der Waals surface area contributed by atoms with E-state index >= 15 is 0 Å². The topological polar surface area (TPSA) is 103 Å². The number of nitrogens with one attached hydrogen (secondary N) is 1. The molecular formula is C26H22N4O3. The van der Waals surface area contributed by atoms with Gasteiger partial charge in [-0.1, -0.05) is 42.5 Å². The maximum absolute atomic E-state index is 11.8. The van der Waals surface area contributed by atoms with Crippen molar-refractivity contribution in [1.29, 1.82) is 0 Å². The van der Waals surface area contributed by atoms with Crippen LogP contribution in [0.15, 0.2) is 83.4 Å². The summed E-state index contributed by atoms with van der Waals surface area (Å²) in [5.41, 5.74) is 8.77. The number of pyridine rings is 1. The number of fused-ring (bicyclic) bond motifs is 2. The molecule has 33 heavy (non-hydrogen) atoms. The van der Waals surface area contributed by atoms with E-state index in [2.05, 4.69) is 45.6 Å². The van der Waals surface area contributed by atoms with Gasteiger partial charge in [0, 0.05) is 31.9 Å². The van der Waals surface area contributed by atoms with Gasteiger partial charge in [-0.3, -0.25) is 9.78 Å². The molecule has 3 aromatic carbocycles. The lowest BCUT2D eigenvalue weighted by atomic mass is 9.96. The van der Waals surface area contributed by atoms with Crippen molar-refractivity contribution in [2.45, 2.75) is 5.92 Å².